The van der Waals surface area contributed by atoms with E-state index in [2.05, 4.69) is 10.3 Å². The zero-order valence-corrected chi connectivity index (χ0v) is 17.5. The number of hydrogen-bond acceptors (Lipinski definition) is 8. The van der Waals surface area contributed by atoms with Gasteiger partial charge in [-0.1, -0.05) is 11.3 Å². The number of nitrogens with two attached hydrogens (primary N) is 1. The Hall–Kier alpha value is -2.76. The van der Waals surface area contributed by atoms with Crippen LogP contribution in [0.2, 0.25) is 0 Å². The Balaban J connectivity index is 1.54. The fraction of sp³-hybridized carbons (Fsp3) is 0.211. The third kappa shape index (κ3) is 3.83. The molecule has 3 aromatic rings. The van der Waals surface area contributed by atoms with Gasteiger partial charge in [0.1, 0.15) is 23.8 Å². The highest BCUT2D eigenvalue weighted by Crippen LogP contribution is 2.57. The first-order valence-corrected chi connectivity index (χ1v) is 11.4. The van der Waals surface area contributed by atoms with Gasteiger partial charge in [0, 0.05) is 11.9 Å². The summed E-state index contributed by atoms with van der Waals surface area (Å²) in [5.41, 5.74) is 6.62. The van der Waals surface area contributed by atoms with Crippen LogP contribution >= 0.6 is 11.3 Å². The molecule has 3 N–H and O–H groups in total. The molecule has 0 spiro atoms. The number of sulfone groups is 1. The first-order chi connectivity index (χ1) is 14.2. The van der Waals surface area contributed by atoms with Crippen molar-refractivity contribution in [2.24, 2.45) is 0 Å². The Bertz CT molecular complexity index is 1210. The van der Waals surface area contributed by atoms with E-state index < -0.39 is 33.7 Å². The summed E-state index contributed by atoms with van der Waals surface area (Å²) < 4.78 is 61.8. The molecule has 30 heavy (non-hydrogen) atoms. The predicted molar refractivity (Wildman–Crippen MR) is 109 cm³/mol. The Morgan fingerprint density at radius 1 is 1.17 bits per heavy atom. The van der Waals surface area contributed by atoms with Crippen molar-refractivity contribution in [3.63, 3.8) is 0 Å². The highest BCUT2D eigenvalue weighted by molar-refractivity contribution is 7.90. The van der Waals surface area contributed by atoms with Crippen LogP contribution in [0.4, 0.5) is 25.4 Å². The summed E-state index contributed by atoms with van der Waals surface area (Å²) in [4.78, 5) is 5.01. The molecule has 0 bridgehead atoms. The summed E-state index contributed by atoms with van der Waals surface area (Å²) in [6.07, 6.45) is -0.178. The topological polar surface area (TPSA) is 107 Å². The number of nitrogen functional groups attached to an aromatic ring is 1. The average Bonchev–Trinajstić information content (AvgIpc) is 3.39. The van der Waals surface area contributed by atoms with Crippen LogP contribution in [0.3, 0.4) is 0 Å². The lowest BCUT2D eigenvalue weighted by molar-refractivity contribution is 0.354. The number of rotatable bonds is 6. The smallest absolute Gasteiger partial charge is 0.189 e. The van der Waals surface area contributed by atoms with Crippen LogP contribution in [0.25, 0.3) is 0 Å². The number of epoxide rings is 1. The second kappa shape index (κ2) is 7.49. The summed E-state index contributed by atoms with van der Waals surface area (Å²) in [5, 5.41) is 3.50. The van der Waals surface area contributed by atoms with E-state index in [0.29, 0.717) is 15.7 Å². The summed E-state index contributed by atoms with van der Waals surface area (Å²) in [6.45, 7) is 0. The van der Waals surface area contributed by atoms with E-state index >= 15 is 0 Å². The van der Waals surface area contributed by atoms with Crippen LogP contribution in [0.5, 0.6) is 5.75 Å². The largest absolute Gasteiger partial charge is 0.496 e. The molecule has 0 radical (unpaired) electrons. The van der Waals surface area contributed by atoms with E-state index in [-0.39, 0.29) is 22.0 Å². The predicted octanol–water partition coefficient (Wildman–Crippen LogP) is 3.97. The number of ether oxygens (including phenoxy) is 2. The van der Waals surface area contributed by atoms with Gasteiger partial charge in [-0.15, -0.1) is 0 Å². The number of methoxy groups -OCH3 is 1. The Morgan fingerprint density at radius 2 is 1.87 bits per heavy atom. The molecule has 2 aromatic carbocycles. The van der Waals surface area contributed by atoms with Crippen LogP contribution in [0.1, 0.15) is 22.6 Å². The molecule has 1 aliphatic rings. The van der Waals surface area contributed by atoms with Crippen molar-refractivity contribution in [1.82, 2.24) is 4.98 Å². The monoisotopic (exact) mass is 453 g/mol. The standard InChI is InChI=1S/C19H17F2N3O4S2/c1-27-12-8-7-11(20)14(21)13(12)15-16(28-15)17-18(22)24-19(29-17)23-9-3-5-10(6-4-9)30(2,25)26/h3-8,15-16H,22H2,1-2H3,(H,23,24)/t15-,16?/m0/s1. The van der Waals surface area contributed by atoms with Crippen LogP contribution < -0.4 is 15.8 Å². The minimum atomic E-state index is -3.29. The van der Waals surface area contributed by atoms with Crippen molar-refractivity contribution in [3.05, 3.63) is 58.5 Å². The average molecular weight is 453 g/mol. The summed E-state index contributed by atoms with van der Waals surface area (Å²) in [5.74, 6) is -1.61. The fourth-order valence-corrected chi connectivity index (χ4v) is 4.63. The van der Waals surface area contributed by atoms with E-state index in [0.717, 1.165) is 12.3 Å². The van der Waals surface area contributed by atoms with Gasteiger partial charge in [-0.05, 0) is 36.4 Å². The summed E-state index contributed by atoms with van der Waals surface area (Å²) in [7, 11) is -1.92. The van der Waals surface area contributed by atoms with E-state index in [9.17, 15) is 17.2 Å². The number of nitrogens with one attached hydrogen (secondary N) is 1. The van der Waals surface area contributed by atoms with Gasteiger partial charge in [0.15, 0.2) is 26.6 Å². The van der Waals surface area contributed by atoms with Crippen LogP contribution in [-0.2, 0) is 14.6 Å². The minimum absolute atomic E-state index is 0.00109. The van der Waals surface area contributed by atoms with Crippen molar-refractivity contribution in [1.29, 1.82) is 0 Å². The maximum Gasteiger partial charge on any atom is 0.189 e. The number of thiazole rings is 1. The van der Waals surface area contributed by atoms with Gasteiger partial charge in [0.2, 0.25) is 0 Å². The molecule has 0 amide bonds. The van der Waals surface area contributed by atoms with Crippen molar-refractivity contribution in [2.45, 2.75) is 17.1 Å². The normalized spacial score (nSPS) is 18.3. The highest BCUT2D eigenvalue weighted by Gasteiger charge is 2.48. The first kappa shape index (κ1) is 20.5. The van der Waals surface area contributed by atoms with Crippen molar-refractivity contribution >= 4 is 37.8 Å². The number of halogens is 2. The Kier molecular flexibility index (Phi) is 5.12. The zero-order valence-electron chi connectivity index (χ0n) is 15.8. The molecule has 11 heteroatoms. The first-order valence-electron chi connectivity index (χ1n) is 8.69. The van der Waals surface area contributed by atoms with E-state index in [1.54, 1.807) is 12.1 Å². The van der Waals surface area contributed by atoms with Gasteiger partial charge in [0.25, 0.3) is 0 Å². The second-order valence-electron chi connectivity index (χ2n) is 6.64. The van der Waals surface area contributed by atoms with E-state index in [4.69, 9.17) is 15.2 Å². The van der Waals surface area contributed by atoms with Crippen molar-refractivity contribution in [3.8, 4) is 5.75 Å². The van der Waals surface area contributed by atoms with Gasteiger partial charge >= 0.3 is 0 Å². The molecule has 1 aromatic heterocycles. The van der Waals surface area contributed by atoms with Crippen LogP contribution in [-0.4, -0.2) is 26.8 Å². The lowest BCUT2D eigenvalue weighted by atomic mass is 10.1. The molecular formula is C19H17F2N3O4S2. The number of hydrogen-bond donors (Lipinski definition) is 2. The second-order valence-corrected chi connectivity index (χ2v) is 9.69. The number of benzene rings is 2. The molecule has 0 saturated carbocycles. The van der Waals surface area contributed by atoms with E-state index in [1.165, 1.54) is 36.6 Å². The summed E-state index contributed by atoms with van der Waals surface area (Å²) in [6, 6.07) is 8.51. The van der Waals surface area contributed by atoms with Crippen LogP contribution in [0.15, 0.2) is 41.3 Å². The number of nitrogens with zero attached hydrogens (tertiary/aromatic N) is 1. The summed E-state index contributed by atoms with van der Waals surface area (Å²) >= 11 is 1.21. The Labute approximate surface area is 175 Å². The molecular weight excluding hydrogens is 436 g/mol. The highest BCUT2D eigenvalue weighted by atomic mass is 32.2. The molecule has 1 aliphatic heterocycles. The molecule has 4 rings (SSSR count). The molecule has 158 valence electrons. The maximum absolute atomic E-state index is 14.3. The minimum Gasteiger partial charge on any atom is -0.496 e. The van der Waals surface area contributed by atoms with Gasteiger partial charge in [0.05, 0.1) is 22.4 Å². The fourth-order valence-electron chi connectivity index (χ4n) is 3.03. The molecule has 0 aliphatic carbocycles. The van der Waals surface area contributed by atoms with Crippen LogP contribution in [0, 0.1) is 11.6 Å². The Morgan fingerprint density at radius 3 is 2.50 bits per heavy atom. The quantitative estimate of drug-likeness (QED) is 0.544. The molecule has 1 fully saturated rings. The van der Waals surface area contributed by atoms with Crippen molar-refractivity contribution in [2.75, 3.05) is 24.4 Å². The SMILES string of the molecule is COc1ccc(F)c(F)c1[C@@H]1OC1c1sc(Nc2ccc(S(C)(=O)=O)cc2)nc1N. The lowest BCUT2D eigenvalue weighted by Gasteiger charge is -2.07. The van der Waals surface area contributed by atoms with Gasteiger partial charge in [-0.25, -0.2) is 22.2 Å². The maximum atomic E-state index is 14.3. The molecule has 1 saturated heterocycles. The molecule has 1 unspecified atom stereocenters. The molecule has 2 heterocycles. The third-order valence-corrected chi connectivity index (χ3v) is 6.74. The van der Waals surface area contributed by atoms with Crippen molar-refractivity contribution < 1.29 is 26.7 Å². The molecule has 7 nitrogen and oxygen atoms in total. The number of aromatic nitrogens is 1. The van der Waals surface area contributed by atoms with Gasteiger partial charge < -0.3 is 20.5 Å². The zero-order chi connectivity index (χ0) is 21.6. The van der Waals surface area contributed by atoms with Gasteiger partial charge in [-0.3, -0.25) is 0 Å². The lowest BCUT2D eigenvalue weighted by Crippen LogP contribution is -1.99. The van der Waals surface area contributed by atoms with E-state index in [1.807, 2.05) is 0 Å². The van der Waals surface area contributed by atoms with Gasteiger partial charge in [-0.2, -0.15) is 0 Å². The molecule has 2 atom stereocenters. The number of anilines is 3. The third-order valence-electron chi connectivity index (χ3n) is 4.56.